The maximum Gasteiger partial charge on any atom is 0.253 e. The van der Waals surface area contributed by atoms with Crippen LogP contribution in [-0.4, -0.2) is 31.7 Å². The maximum absolute atomic E-state index is 13.1. The molecule has 31 heavy (non-hydrogen) atoms. The largest absolute Gasteiger partial charge is 0.349 e. The number of hydrogen-bond donors (Lipinski definition) is 1. The van der Waals surface area contributed by atoms with Crippen LogP contribution in [0.4, 0.5) is 0 Å². The fraction of sp³-hybridized carbons (Fsp3) is 0.250. The SMILES string of the molecule is CSc1nc2nc(C)c(CC(=O)NC(Cc3ccccc3)c3ccccc3)c(C)n2n1. The fourth-order valence-electron chi connectivity index (χ4n) is 3.73. The van der Waals surface area contributed by atoms with Gasteiger partial charge in [0.05, 0.1) is 12.5 Å². The summed E-state index contributed by atoms with van der Waals surface area (Å²) in [5, 5.41) is 8.38. The molecule has 2 heterocycles. The molecule has 158 valence electrons. The molecular formula is C24H25N5OS. The molecule has 1 amide bonds. The van der Waals surface area contributed by atoms with Crippen LogP contribution in [0.25, 0.3) is 5.78 Å². The first-order valence-corrected chi connectivity index (χ1v) is 11.4. The number of carbonyl (C=O) groups excluding carboxylic acids is 1. The van der Waals surface area contributed by atoms with Gasteiger partial charge < -0.3 is 5.32 Å². The number of hydrogen-bond acceptors (Lipinski definition) is 5. The lowest BCUT2D eigenvalue weighted by molar-refractivity contribution is -0.121. The number of carbonyl (C=O) groups is 1. The lowest BCUT2D eigenvalue weighted by atomic mass is 9.98. The Labute approximate surface area is 186 Å². The third-order valence-electron chi connectivity index (χ3n) is 5.37. The minimum atomic E-state index is -0.108. The van der Waals surface area contributed by atoms with Crippen molar-refractivity contribution >= 4 is 23.4 Å². The van der Waals surface area contributed by atoms with Gasteiger partial charge in [-0.3, -0.25) is 4.79 Å². The third kappa shape index (κ3) is 4.77. The number of nitrogens with one attached hydrogen (secondary N) is 1. The smallest absolute Gasteiger partial charge is 0.253 e. The molecule has 1 N–H and O–H groups in total. The van der Waals surface area contributed by atoms with Gasteiger partial charge in [-0.05, 0) is 37.7 Å². The third-order valence-corrected chi connectivity index (χ3v) is 5.91. The summed E-state index contributed by atoms with van der Waals surface area (Å²) in [6, 6.07) is 20.2. The van der Waals surface area contributed by atoms with Gasteiger partial charge in [-0.25, -0.2) is 9.50 Å². The average Bonchev–Trinajstić information content (AvgIpc) is 3.21. The second-order valence-corrected chi connectivity index (χ2v) is 8.24. The van der Waals surface area contributed by atoms with E-state index in [-0.39, 0.29) is 18.4 Å². The highest BCUT2D eigenvalue weighted by Gasteiger charge is 2.19. The van der Waals surface area contributed by atoms with Crippen molar-refractivity contribution in [1.29, 1.82) is 0 Å². The van der Waals surface area contributed by atoms with E-state index in [1.165, 1.54) is 17.3 Å². The van der Waals surface area contributed by atoms with E-state index in [0.29, 0.717) is 10.9 Å². The van der Waals surface area contributed by atoms with Crippen LogP contribution in [0, 0.1) is 13.8 Å². The van der Waals surface area contributed by atoms with Crippen LogP contribution < -0.4 is 5.32 Å². The zero-order chi connectivity index (χ0) is 21.8. The van der Waals surface area contributed by atoms with Crippen LogP contribution in [0.1, 0.15) is 34.1 Å². The van der Waals surface area contributed by atoms with Gasteiger partial charge in [-0.1, -0.05) is 72.4 Å². The summed E-state index contributed by atoms with van der Waals surface area (Å²) in [5.74, 6) is 0.525. The summed E-state index contributed by atoms with van der Waals surface area (Å²) < 4.78 is 1.72. The minimum absolute atomic E-state index is 0.0395. The summed E-state index contributed by atoms with van der Waals surface area (Å²) in [6.07, 6.45) is 2.90. The van der Waals surface area contributed by atoms with E-state index in [1.54, 1.807) is 4.52 Å². The molecule has 1 unspecified atom stereocenters. The summed E-state index contributed by atoms with van der Waals surface area (Å²) in [6.45, 7) is 3.88. The average molecular weight is 432 g/mol. The van der Waals surface area contributed by atoms with E-state index in [0.717, 1.165) is 28.9 Å². The Morgan fingerprint density at radius 2 is 1.71 bits per heavy atom. The van der Waals surface area contributed by atoms with E-state index in [9.17, 15) is 4.79 Å². The first-order valence-electron chi connectivity index (χ1n) is 10.2. The topological polar surface area (TPSA) is 72.2 Å². The molecule has 0 saturated heterocycles. The Balaban J connectivity index is 1.58. The molecule has 7 heteroatoms. The summed E-state index contributed by atoms with van der Waals surface area (Å²) in [5.41, 5.74) is 4.85. The Morgan fingerprint density at radius 1 is 1.03 bits per heavy atom. The summed E-state index contributed by atoms with van der Waals surface area (Å²) in [7, 11) is 0. The highest BCUT2D eigenvalue weighted by molar-refractivity contribution is 7.98. The molecular weight excluding hydrogens is 406 g/mol. The van der Waals surface area contributed by atoms with Gasteiger partial charge in [0.25, 0.3) is 5.78 Å². The Morgan fingerprint density at radius 3 is 2.39 bits per heavy atom. The van der Waals surface area contributed by atoms with Crippen molar-refractivity contribution in [2.45, 2.75) is 37.9 Å². The standard InChI is InChI=1S/C24H25N5OS/c1-16-20(17(2)29-23(25-16)27-24(28-29)31-3)15-22(30)26-21(19-12-8-5-9-13-19)14-18-10-6-4-7-11-18/h4-13,21H,14-15H2,1-3H3,(H,26,30). The van der Waals surface area contributed by atoms with Gasteiger partial charge in [0, 0.05) is 17.0 Å². The van der Waals surface area contributed by atoms with Crippen molar-refractivity contribution in [1.82, 2.24) is 24.9 Å². The van der Waals surface area contributed by atoms with Crippen LogP contribution in [-0.2, 0) is 17.6 Å². The zero-order valence-corrected chi connectivity index (χ0v) is 18.7. The van der Waals surface area contributed by atoms with E-state index in [1.807, 2.05) is 56.5 Å². The molecule has 0 aliphatic carbocycles. The number of rotatable bonds is 7. The van der Waals surface area contributed by atoms with Gasteiger partial charge in [-0.2, -0.15) is 4.98 Å². The monoisotopic (exact) mass is 431 g/mol. The quantitative estimate of drug-likeness (QED) is 0.446. The number of fused-ring (bicyclic) bond motifs is 1. The van der Waals surface area contributed by atoms with E-state index in [4.69, 9.17) is 0 Å². The normalized spacial score (nSPS) is 12.1. The molecule has 0 radical (unpaired) electrons. The molecule has 0 aliphatic heterocycles. The number of amides is 1. The van der Waals surface area contributed by atoms with Gasteiger partial charge >= 0.3 is 0 Å². The Kier molecular flexibility index (Phi) is 6.32. The highest BCUT2D eigenvalue weighted by atomic mass is 32.2. The lowest BCUT2D eigenvalue weighted by Crippen LogP contribution is -2.31. The van der Waals surface area contributed by atoms with Crippen molar-refractivity contribution in [3.05, 3.63) is 88.7 Å². The van der Waals surface area contributed by atoms with Gasteiger partial charge in [-0.15, -0.1) is 5.10 Å². The molecule has 2 aromatic carbocycles. The molecule has 1 atom stereocenters. The minimum Gasteiger partial charge on any atom is -0.349 e. The van der Waals surface area contributed by atoms with Crippen molar-refractivity contribution < 1.29 is 4.79 Å². The van der Waals surface area contributed by atoms with Crippen LogP contribution in [0.15, 0.2) is 65.8 Å². The van der Waals surface area contributed by atoms with Crippen LogP contribution in [0.3, 0.4) is 0 Å². The molecule has 4 aromatic rings. The Bertz CT molecular complexity index is 1190. The maximum atomic E-state index is 13.1. The van der Waals surface area contributed by atoms with Crippen LogP contribution in [0.2, 0.25) is 0 Å². The molecule has 0 saturated carbocycles. The van der Waals surface area contributed by atoms with Crippen LogP contribution >= 0.6 is 11.8 Å². The van der Waals surface area contributed by atoms with Crippen molar-refractivity contribution in [2.24, 2.45) is 0 Å². The lowest BCUT2D eigenvalue weighted by Gasteiger charge is -2.20. The van der Waals surface area contributed by atoms with E-state index >= 15 is 0 Å². The number of benzene rings is 2. The second-order valence-electron chi connectivity index (χ2n) is 7.47. The number of aromatic nitrogens is 4. The van der Waals surface area contributed by atoms with Gasteiger partial charge in [0.15, 0.2) is 0 Å². The predicted octanol–water partition coefficient (Wildman–Crippen LogP) is 4.11. The molecule has 0 aliphatic rings. The number of thioether (sulfide) groups is 1. The summed E-state index contributed by atoms with van der Waals surface area (Å²) in [4.78, 5) is 22.1. The first-order chi connectivity index (χ1) is 15.0. The second kappa shape index (κ2) is 9.31. The first kappa shape index (κ1) is 21.1. The van der Waals surface area contributed by atoms with Gasteiger partial charge in [0.1, 0.15) is 0 Å². The van der Waals surface area contributed by atoms with Crippen LogP contribution in [0.5, 0.6) is 0 Å². The van der Waals surface area contributed by atoms with E-state index in [2.05, 4.69) is 44.6 Å². The molecule has 4 rings (SSSR count). The highest BCUT2D eigenvalue weighted by Crippen LogP contribution is 2.20. The predicted molar refractivity (Wildman–Crippen MR) is 123 cm³/mol. The number of nitrogens with zero attached hydrogens (tertiary/aromatic N) is 4. The number of aryl methyl sites for hydroxylation is 2. The van der Waals surface area contributed by atoms with E-state index < -0.39 is 0 Å². The Hall–Kier alpha value is -3.19. The molecule has 0 spiro atoms. The van der Waals surface area contributed by atoms with Crippen molar-refractivity contribution in [2.75, 3.05) is 6.26 Å². The molecule has 6 nitrogen and oxygen atoms in total. The van der Waals surface area contributed by atoms with Crippen molar-refractivity contribution in [3.63, 3.8) is 0 Å². The fourth-order valence-corrected chi connectivity index (χ4v) is 4.06. The van der Waals surface area contributed by atoms with Crippen molar-refractivity contribution in [3.8, 4) is 0 Å². The molecule has 2 aromatic heterocycles. The summed E-state index contributed by atoms with van der Waals surface area (Å²) >= 11 is 1.47. The van der Waals surface area contributed by atoms with Gasteiger partial charge in [0.2, 0.25) is 11.1 Å². The molecule has 0 bridgehead atoms. The molecule has 0 fully saturated rings. The zero-order valence-electron chi connectivity index (χ0n) is 17.9.